The van der Waals surface area contributed by atoms with E-state index in [0.29, 0.717) is 10.8 Å². The van der Waals surface area contributed by atoms with Crippen LogP contribution in [-0.4, -0.2) is 69.6 Å². The molecule has 260 valence electrons. The number of carbonyl (C=O) groups excluding carboxylic acids is 1. The van der Waals surface area contributed by atoms with Gasteiger partial charge < -0.3 is 15.2 Å². The van der Waals surface area contributed by atoms with Crippen LogP contribution in [0, 0.1) is 0 Å². The van der Waals surface area contributed by atoms with Gasteiger partial charge in [-0.25, -0.2) is 4.79 Å². The predicted octanol–water partition coefficient (Wildman–Crippen LogP) is 4.84. The minimum absolute atomic E-state index is 0.0768. The molecule has 50 heavy (non-hydrogen) atoms. The monoisotopic (exact) mass is 744 g/mol. The van der Waals surface area contributed by atoms with Crippen molar-refractivity contribution < 1.29 is 45.4 Å². The van der Waals surface area contributed by atoms with Crippen molar-refractivity contribution in [2.45, 2.75) is 42.0 Å². The van der Waals surface area contributed by atoms with Crippen LogP contribution in [0.5, 0.6) is 11.8 Å². The highest BCUT2D eigenvalue weighted by atomic mass is 35.5. The van der Waals surface area contributed by atoms with Gasteiger partial charge in [-0.3, -0.25) is 13.9 Å². The van der Waals surface area contributed by atoms with Gasteiger partial charge in [-0.05, 0) is 84.6 Å². The molecule has 0 radical (unpaired) electrons. The number of azo groups is 1. The molecule has 0 bridgehead atoms. The Morgan fingerprint density at radius 3 is 2.30 bits per heavy atom. The lowest BCUT2D eigenvalue weighted by molar-refractivity contribution is -0.130. The first-order chi connectivity index (χ1) is 23.6. The summed E-state index contributed by atoms with van der Waals surface area (Å²) in [5.74, 6) is -2.42. The number of benzene rings is 3. The second-order valence-corrected chi connectivity index (χ2v) is 13.5. The number of aryl methyl sites for hydroxylation is 1. The van der Waals surface area contributed by atoms with E-state index in [4.69, 9.17) is 16.3 Å². The second-order valence-electron chi connectivity index (χ2n) is 10.4. The van der Waals surface area contributed by atoms with E-state index >= 15 is 0 Å². The van der Waals surface area contributed by atoms with Gasteiger partial charge in [-0.2, -0.15) is 52.1 Å². The minimum atomic E-state index is -4.91. The Morgan fingerprint density at radius 1 is 0.980 bits per heavy atom. The number of unbranched alkanes of at least 4 members (excludes halogenated alkanes) is 1. The molecule has 1 unspecified atom stereocenters. The lowest BCUT2D eigenvalue weighted by atomic mass is 10.1. The predicted molar refractivity (Wildman–Crippen MR) is 177 cm³/mol. The van der Waals surface area contributed by atoms with Gasteiger partial charge >= 0.3 is 12.0 Å². The Kier molecular flexibility index (Phi) is 10.5. The van der Waals surface area contributed by atoms with Gasteiger partial charge in [0.1, 0.15) is 16.3 Å². The highest BCUT2D eigenvalue weighted by molar-refractivity contribution is 7.86. The quantitative estimate of drug-likeness (QED) is 0.105. The lowest BCUT2D eigenvalue weighted by Crippen LogP contribution is -2.33. The number of carbonyl (C=O) groups is 2. The number of nitrogens with one attached hydrogen (secondary N) is 1. The molecule has 1 atom stereocenters. The number of aromatic nitrogens is 3. The van der Waals surface area contributed by atoms with Crippen molar-refractivity contribution in [3.05, 3.63) is 77.6 Å². The van der Waals surface area contributed by atoms with Crippen LogP contribution in [0.2, 0.25) is 5.28 Å². The lowest BCUT2D eigenvalue weighted by Gasteiger charge is -2.12. The number of hydrazone groups is 1. The van der Waals surface area contributed by atoms with Gasteiger partial charge in [0.2, 0.25) is 17.3 Å². The molecule has 0 saturated carbocycles. The van der Waals surface area contributed by atoms with Crippen molar-refractivity contribution in [2.24, 2.45) is 15.3 Å². The van der Waals surface area contributed by atoms with Gasteiger partial charge in [0.15, 0.2) is 5.71 Å². The van der Waals surface area contributed by atoms with Crippen molar-refractivity contribution >= 4 is 72.4 Å². The molecule has 0 fully saturated rings. The molecule has 4 aromatic rings. The highest BCUT2D eigenvalue weighted by Gasteiger charge is 2.41. The third kappa shape index (κ3) is 8.59. The van der Waals surface area contributed by atoms with Crippen LogP contribution < -0.4 is 15.1 Å². The van der Waals surface area contributed by atoms with E-state index in [2.05, 4.69) is 42.5 Å². The van der Waals surface area contributed by atoms with E-state index < -0.39 is 59.3 Å². The summed E-state index contributed by atoms with van der Waals surface area (Å²) in [6.45, 7) is 2.10. The Labute approximate surface area is 289 Å². The number of ether oxygens (including phenoxy) is 1. The van der Waals surface area contributed by atoms with Crippen molar-refractivity contribution in [3.8, 4) is 11.8 Å². The van der Waals surface area contributed by atoms with Crippen LogP contribution in [0.25, 0.3) is 0 Å². The third-order valence-corrected chi connectivity index (χ3v) is 8.76. The van der Waals surface area contributed by atoms with Crippen LogP contribution in [0.15, 0.2) is 91.9 Å². The summed E-state index contributed by atoms with van der Waals surface area (Å²) < 4.78 is 71.7. The smallest absolute Gasteiger partial charge is 0.355 e. The number of rotatable bonds is 13. The summed E-state index contributed by atoms with van der Waals surface area (Å²) in [6, 6.07) is 12.6. The van der Waals surface area contributed by atoms with Gasteiger partial charge in [-0.1, -0.05) is 25.5 Å². The zero-order valence-corrected chi connectivity index (χ0v) is 28.0. The van der Waals surface area contributed by atoms with E-state index in [1.807, 2.05) is 12.1 Å². The molecule has 0 saturated heterocycles. The normalized spacial score (nSPS) is 15.0. The SMILES string of the molecule is CCCCc1ccc(Oc2nc(Cl)nc(Nc3ccc(S(=O)(=O)O)c(N=NC4C(=O)N(c5ccc(S(=O)(=O)O)cc5)N=C4C(=O)O)c3)n2)cc1. The third-order valence-electron chi connectivity index (χ3n) is 6.82. The largest absolute Gasteiger partial charge is 0.477 e. The molecule has 0 spiro atoms. The average Bonchev–Trinajstić information content (AvgIpc) is 3.38. The Balaban J connectivity index is 1.40. The molecule has 21 heteroatoms. The van der Waals surface area contributed by atoms with Crippen LogP contribution in [-0.2, 0) is 36.2 Å². The molecule has 1 aromatic heterocycles. The van der Waals surface area contributed by atoms with Crippen molar-refractivity contribution in [1.82, 2.24) is 15.0 Å². The number of aliphatic carboxylic acids is 1. The number of halogens is 1. The first kappa shape index (κ1) is 35.9. The van der Waals surface area contributed by atoms with E-state index in [1.165, 1.54) is 6.07 Å². The number of carboxylic acid groups (broad SMARTS) is 1. The molecule has 1 aliphatic rings. The summed E-state index contributed by atoms with van der Waals surface area (Å²) in [6.07, 6.45) is 3.02. The molecule has 0 aliphatic carbocycles. The van der Waals surface area contributed by atoms with E-state index in [1.54, 1.807) is 12.1 Å². The summed E-state index contributed by atoms with van der Waals surface area (Å²) in [5.41, 5.74) is -0.183. The Bertz CT molecular complexity index is 2240. The first-order valence-corrected chi connectivity index (χ1v) is 17.6. The van der Waals surface area contributed by atoms with Crippen molar-refractivity contribution in [2.75, 3.05) is 10.3 Å². The number of anilines is 3. The standard InChI is InChI=1S/C29H25ClN8O10S2/c1-2-3-4-16-5-10-19(11-6-16)48-29-33-27(30)32-28(34-29)31-17-7-14-22(50(45,46)47)21(15-17)35-36-23-24(26(40)41)37-38(25(23)39)18-8-12-20(13-9-18)49(42,43)44/h5-15,23H,2-4H2,1H3,(H,40,41)(H,42,43,44)(H,45,46,47)(H,31,32,33,34). The molecular formula is C29H25ClN8O10S2. The summed E-state index contributed by atoms with van der Waals surface area (Å²) in [5, 5.41) is 24.1. The highest BCUT2D eigenvalue weighted by Crippen LogP contribution is 2.31. The van der Waals surface area contributed by atoms with Crippen molar-refractivity contribution in [1.29, 1.82) is 0 Å². The summed E-state index contributed by atoms with van der Waals surface area (Å²) >= 11 is 6.08. The topological polar surface area (TPSA) is 263 Å². The van der Waals surface area contributed by atoms with E-state index in [9.17, 15) is 40.6 Å². The first-order valence-electron chi connectivity index (χ1n) is 14.3. The fraction of sp³-hybridized carbons (Fsp3) is 0.172. The molecule has 2 heterocycles. The maximum absolute atomic E-state index is 13.2. The van der Waals surface area contributed by atoms with Gasteiger partial charge in [0.05, 0.1) is 10.6 Å². The van der Waals surface area contributed by atoms with Crippen LogP contribution in [0.4, 0.5) is 23.0 Å². The Morgan fingerprint density at radius 2 is 1.68 bits per heavy atom. The fourth-order valence-corrected chi connectivity index (χ4v) is 5.67. The maximum Gasteiger partial charge on any atom is 0.355 e. The van der Waals surface area contributed by atoms with Gasteiger partial charge in [0, 0.05) is 5.69 Å². The number of amides is 1. The molecule has 5 rings (SSSR count). The van der Waals surface area contributed by atoms with E-state index in [0.717, 1.165) is 61.2 Å². The summed E-state index contributed by atoms with van der Waals surface area (Å²) in [4.78, 5) is 35.9. The molecular weight excluding hydrogens is 720 g/mol. The Hall–Kier alpha value is -5.41. The zero-order valence-electron chi connectivity index (χ0n) is 25.6. The van der Waals surface area contributed by atoms with Crippen LogP contribution >= 0.6 is 11.6 Å². The van der Waals surface area contributed by atoms with Crippen LogP contribution in [0.3, 0.4) is 0 Å². The number of nitrogens with zero attached hydrogens (tertiary/aromatic N) is 7. The number of carboxylic acids is 1. The van der Waals surface area contributed by atoms with Gasteiger partial charge in [0.25, 0.3) is 26.1 Å². The molecule has 4 N–H and O–H groups in total. The maximum atomic E-state index is 13.2. The fourth-order valence-electron chi connectivity index (χ4n) is 4.44. The minimum Gasteiger partial charge on any atom is -0.477 e. The summed E-state index contributed by atoms with van der Waals surface area (Å²) in [7, 11) is -9.47. The van der Waals surface area contributed by atoms with Crippen LogP contribution in [0.1, 0.15) is 25.3 Å². The number of hydrogen-bond donors (Lipinski definition) is 4. The average molecular weight is 745 g/mol. The molecule has 1 aliphatic heterocycles. The molecule has 1 amide bonds. The number of hydrogen-bond acceptors (Lipinski definition) is 14. The van der Waals surface area contributed by atoms with Crippen molar-refractivity contribution in [3.63, 3.8) is 0 Å². The van der Waals surface area contributed by atoms with Gasteiger partial charge in [-0.15, -0.1) is 0 Å². The zero-order chi connectivity index (χ0) is 36.2. The van der Waals surface area contributed by atoms with E-state index in [-0.39, 0.29) is 28.6 Å². The molecule has 3 aromatic carbocycles. The molecule has 18 nitrogen and oxygen atoms in total. The second kappa shape index (κ2) is 14.6.